The summed E-state index contributed by atoms with van der Waals surface area (Å²) in [6, 6.07) is 0.422. The molecule has 8 heteroatoms. The van der Waals surface area contributed by atoms with Gasteiger partial charge in [-0.2, -0.15) is 5.10 Å². The maximum Gasteiger partial charge on any atom is 0.227 e. The van der Waals surface area contributed by atoms with Gasteiger partial charge in [0, 0.05) is 51.4 Å². The molecule has 1 unspecified atom stereocenters. The Morgan fingerprint density at radius 2 is 1.96 bits per heavy atom. The largest absolute Gasteiger partial charge is 0.338 e. The Morgan fingerprint density at radius 3 is 2.65 bits per heavy atom. The molecular weight excluding hydrogens is 373 g/mol. The summed E-state index contributed by atoms with van der Waals surface area (Å²) in [5.74, 6) is 0.683. The summed E-state index contributed by atoms with van der Waals surface area (Å²) in [6.07, 6.45) is 8.93. The topological polar surface area (TPSA) is 53.4 Å². The zero-order valence-electron chi connectivity index (χ0n) is 15.5. The number of carbonyl (C=O) groups is 1. The number of hydrogen-bond acceptors (Lipinski definition) is 4. The molecule has 0 aromatic carbocycles. The minimum atomic E-state index is 0. The number of likely N-dealkylation sites (tertiary alicyclic amines) is 2. The van der Waals surface area contributed by atoms with Crippen LogP contribution in [0.3, 0.4) is 0 Å². The van der Waals surface area contributed by atoms with Crippen molar-refractivity contribution < 1.29 is 4.79 Å². The zero-order chi connectivity index (χ0) is 16.5. The summed E-state index contributed by atoms with van der Waals surface area (Å²) in [5, 5.41) is 7.72. The first-order chi connectivity index (χ1) is 11.7. The van der Waals surface area contributed by atoms with Gasteiger partial charge in [-0.05, 0) is 44.3 Å². The van der Waals surface area contributed by atoms with Crippen molar-refractivity contribution in [1.29, 1.82) is 0 Å². The van der Waals surface area contributed by atoms with Gasteiger partial charge in [-0.25, -0.2) is 0 Å². The highest BCUT2D eigenvalue weighted by molar-refractivity contribution is 5.85. The van der Waals surface area contributed by atoms with E-state index in [2.05, 4.69) is 26.4 Å². The zero-order valence-corrected chi connectivity index (χ0v) is 17.1. The predicted octanol–water partition coefficient (Wildman–Crippen LogP) is 1.65. The molecule has 1 amide bonds. The number of carbonyl (C=O) groups excluding carboxylic acids is 1. The average Bonchev–Trinajstić information content (AvgIpc) is 3.35. The molecule has 0 aliphatic carbocycles. The summed E-state index contributed by atoms with van der Waals surface area (Å²) in [6.45, 7) is 6.11. The van der Waals surface area contributed by atoms with Gasteiger partial charge in [0.2, 0.25) is 5.91 Å². The molecular formula is C18H31Cl2N5O. The fraction of sp³-hybridized carbons (Fsp3) is 0.778. The molecule has 0 saturated carbocycles. The van der Waals surface area contributed by atoms with Gasteiger partial charge in [0.25, 0.3) is 0 Å². The average molecular weight is 404 g/mol. The van der Waals surface area contributed by atoms with Crippen molar-refractivity contribution in [3.05, 3.63) is 18.0 Å². The quantitative estimate of drug-likeness (QED) is 0.830. The van der Waals surface area contributed by atoms with Crippen molar-refractivity contribution in [3.8, 4) is 0 Å². The second-order valence-electron chi connectivity index (χ2n) is 7.65. The molecule has 4 heterocycles. The van der Waals surface area contributed by atoms with Crippen LogP contribution < -0.4 is 5.32 Å². The first kappa shape index (κ1) is 21.5. The third-order valence-electron chi connectivity index (χ3n) is 6.01. The molecule has 0 bridgehead atoms. The van der Waals surface area contributed by atoms with Crippen LogP contribution >= 0.6 is 24.8 Å². The molecule has 1 N–H and O–H groups in total. The van der Waals surface area contributed by atoms with E-state index in [9.17, 15) is 4.79 Å². The minimum absolute atomic E-state index is 0. The SMILES string of the molecule is Cl.Cl.Cn1cc([C@H]2CNC[C@@H]2C(=O)N2CCCC2CN2CCCC2)cn1. The number of nitrogens with zero attached hydrogens (tertiary/aromatic N) is 4. The van der Waals surface area contributed by atoms with E-state index in [0.29, 0.717) is 11.9 Å². The Hall–Kier alpha value is -0.820. The molecule has 148 valence electrons. The van der Waals surface area contributed by atoms with Gasteiger partial charge in [-0.1, -0.05) is 0 Å². The monoisotopic (exact) mass is 403 g/mol. The van der Waals surface area contributed by atoms with Crippen molar-refractivity contribution in [1.82, 2.24) is 24.9 Å². The van der Waals surface area contributed by atoms with Crippen LogP contribution in [-0.4, -0.2) is 70.8 Å². The molecule has 3 aliphatic rings. The lowest BCUT2D eigenvalue weighted by molar-refractivity contribution is -0.136. The van der Waals surface area contributed by atoms with Crippen molar-refractivity contribution in [2.75, 3.05) is 39.3 Å². The number of halogens is 2. The lowest BCUT2D eigenvalue weighted by Gasteiger charge is -2.31. The summed E-state index contributed by atoms with van der Waals surface area (Å²) in [5.41, 5.74) is 1.19. The van der Waals surface area contributed by atoms with Crippen molar-refractivity contribution in [3.63, 3.8) is 0 Å². The molecule has 3 atom stereocenters. The standard InChI is InChI=1S/C18H29N5O.2ClH/c1-21-12-14(9-20-21)16-10-19-11-17(16)18(24)23-8-4-5-15(23)13-22-6-2-3-7-22;;/h9,12,15-17,19H,2-8,10-11,13H2,1H3;2*1H/t15?,16-,17+;;/m1../s1. The maximum atomic E-state index is 13.3. The fourth-order valence-corrected chi connectivity index (χ4v) is 4.71. The first-order valence-electron chi connectivity index (χ1n) is 9.44. The Balaban J connectivity index is 0.00000121. The molecule has 0 spiro atoms. The number of hydrogen-bond donors (Lipinski definition) is 1. The second kappa shape index (κ2) is 9.40. The van der Waals surface area contributed by atoms with Gasteiger partial charge in [0.1, 0.15) is 0 Å². The molecule has 1 aromatic rings. The molecule has 3 saturated heterocycles. The highest BCUT2D eigenvalue weighted by Crippen LogP contribution is 2.32. The van der Waals surface area contributed by atoms with Crippen LogP contribution in [0.2, 0.25) is 0 Å². The number of nitrogens with one attached hydrogen (secondary N) is 1. The molecule has 4 rings (SSSR count). The lowest BCUT2D eigenvalue weighted by atomic mass is 9.89. The normalized spacial score (nSPS) is 28.8. The van der Waals surface area contributed by atoms with Gasteiger partial charge in [-0.15, -0.1) is 24.8 Å². The van der Waals surface area contributed by atoms with Crippen molar-refractivity contribution in [2.45, 2.75) is 37.6 Å². The second-order valence-corrected chi connectivity index (χ2v) is 7.65. The van der Waals surface area contributed by atoms with E-state index in [0.717, 1.165) is 32.6 Å². The number of aromatic nitrogens is 2. The third kappa shape index (κ3) is 4.35. The van der Waals surface area contributed by atoms with Gasteiger partial charge in [0.05, 0.1) is 12.1 Å². The highest BCUT2D eigenvalue weighted by atomic mass is 35.5. The van der Waals surface area contributed by atoms with Crippen LogP contribution in [-0.2, 0) is 11.8 Å². The van der Waals surface area contributed by atoms with Crippen molar-refractivity contribution in [2.24, 2.45) is 13.0 Å². The van der Waals surface area contributed by atoms with Crippen LogP contribution in [0.15, 0.2) is 12.4 Å². The van der Waals surface area contributed by atoms with E-state index in [1.54, 1.807) is 0 Å². The van der Waals surface area contributed by atoms with Crippen LogP contribution in [0.5, 0.6) is 0 Å². The van der Waals surface area contributed by atoms with E-state index < -0.39 is 0 Å². The number of amides is 1. The Morgan fingerprint density at radius 1 is 1.19 bits per heavy atom. The summed E-state index contributed by atoms with van der Waals surface area (Å²) >= 11 is 0. The van der Waals surface area contributed by atoms with Gasteiger partial charge >= 0.3 is 0 Å². The summed E-state index contributed by atoms with van der Waals surface area (Å²) in [7, 11) is 1.94. The fourth-order valence-electron chi connectivity index (χ4n) is 4.71. The summed E-state index contributed by atoms with van der Waals surface area (Å²) in [4.78, 5) is 18.0. The van der Waals surface area contributed by atoms with E-state index in [1.807, 2.05) is 17.9 Å². The van der Waals surface area contributed by atoms with Gasteiger partial charge < -0.3 is 15.1 Å². The number of rotatable bonds is 4. The van der Waals surface area contributed by atoms with Crippen molar-refractivity contribution >= 4 is 30.7 Å². The minimum Gasteiger partial charge on any atom is -0.338 e. The molecule has 3 aliphatic heterocycles. The first-order valence-corrected chi connectivity index (χ1v) is 9.44. The molecule has 6 nitrogen and oxygen atoms in total. The molecule has 1 aromatic heterocycles. The van der Waals surface area contributed by atoms with E-state index in [-0.39, 0.29) is 36.6 Å². The van der Waals surface area contributed by atoms with Crippen LogP contribution in [0.1, 0.15) is 37.2 Å². The molecule has 0 radical (unpaired) electrons. The third-order valence-corrected chi connectivity index (χ3v) is 6.01. The lowest BCUT2D eigenvalue weighted by Crippen LogP contribution is -2.46. The molecule has 26 heavy (non-hydrogen) atoms. The van der Waals surface area contributed by atoms with Gasteiger partial charge in [-0.3, -0.25) is 9.48 Å². The molecule has 3 fully saturated rings. The Labute approximate surface area is 168 Å². The van der Waals surface area contributed by atoms with E-state index in [4.69, 9.17) is 0 Å². The smallest absolute Gasteiger partial charge is 0.227 e. The Kier molecular flexibility index (Phi) is 7.76. The predicted molar refractivity (Wildman–Crippen MR) is 107 cm³/mol. The van der Waals surface area contributed by atoms with E-state index in [1.165, 1.54) is 37.9 Å². The summed E-state index contributed by atoms with van der Waals surface area (Å²) < 4.78 is 1.83. The maximum absolute atomic E-state index is 13.3. The Bertz CT molecular complexity index is 590. The van der Waals surface area contributed by atoms with E-state index >= 15 is 0 Å². The van der Waals surface area contributed by atoms with Gasteiger partial charge in [0.15, 0.2) is 0 Å². The van der Waals surface area contributed by atoms with Crippen LogP contribution in [0.4, 0.5) is 0 Å². The highest BCUT2D eigenvalue weighted by Gasteiger charge is 2.40. The van der Waals surface area contributed by atoms with Crippen LogP contribution in [0, 0.1) is 5.92 Å². The van der Waals surface area contributed by atoms with Crippen LogP contribution in [0.25, 0.3) is 0 Å². The number of aryl methyl sites for hydroxylation is 1.